The van der Waals surface area contributed by atoms with Crippen LogP contribution in [0.15, 0.2) is 0 Å². The first kappa shape index (κ1) is 12.3. The summed E-state index contributed by atoms with van der Waals surface area (Å²) in [6, 6.07) is 0. The molecule has 0 aromatic rings. The van der Waals surface area contributed by atoms with Gasteiger partial charge in [0.2, 0.25) is 0 Å². The zero-order valence-electron chi connectivity index (χ0n) is 10.1. The topological polar surface area (TPSA) is 34.1 Å². The summed E-state index contributed by atoms with van der Waals surface area (Å²) in [7, 11) is -0.615. The predicted molar refractivity (Wildman–Crippen MR) is 66.8 cm³/mol. The van der Waals surface area contributed by atoms with E-state index >= 15 is 0 Å². The molecule has 0 aromatic carbocycles. The Morgan fingerprint density at radius 3 is 2.38 bits per heavy atom. The zero-order chi connectivity index (χ0) is 11.5. The van der Waals surface area contributed by atoms with Crippen LogP contribution in [0.5, 0.6) is 0 Å². The van der Waals surface area contributed by atoms with E-state index in [1.807, 2.05) is 0 Å². The van der Waals surface area contributed by atoms with Gasteiger partial charge in [0.25, 0.3) is 0 Å². The van der Waals surface area contributed by atoms with E-state index in [-0.39, 0.29) is 5.92 Å². The van der Waals surface area contributed by atoms with Gasteiger partial charge in [0.05, 0.1) is 0 Å². The standard InChI is InChI=1S/C13H22O2S/c1-2-3-4-5-13(14)10-8-11-6-7-12(9-10)16(11)15/h10-12H,2-9H2,1H3. The van der Waals surface area contributed by atoms with E-state index in [0.717, 1.165) is 44.9 Å². The molecular formula is C13H22O2S. The summed E-state index contributed by atoms with van der Waals surface area (Å²) in [5.74, 6) is 0.689. The molecule has 0 saturated carbocycles. The van der Waals surface area contributed by atoms with Gasteiger partial charge in [0.15, 0.2) is 0 Å². The van der Waals surface area contributed by atoms with Gasteiger partial charge in [-0.25, -0.2) is 0 Å². The van der Waals surface area contributed by atoms with E-state index in [0.29, 0.717) is 16.3 Å². The van der Waals surface area contributed by atoms with Crippen molar-refractivity contribution in [3.8, 4) is 0 Å². The maximum absolute atomic E-state index is 12.0. The summed E-state index contributed by atoms with van der Waals surface area (Å²) >= 11 is 0. The molecule has 0 spiro atoms. The van der Waals surface area contributed by atoms with E-state index < -0.39 is 10.8 Å². The van der Waals surface area contributed by atoms with Gasteiger partial charge in [0, 0.05) is 33.6 Å². The Kier molecular flexibility index (Phi) is 4.17. The van der Waals surface area contributed by atoms with E-state index in [1.54, 1.807) is 0 Å². The zero-order valence-corrected chi connectivity index (χ0v) is 10.9. The molecule has 0 aliphatic carbocycles. The molecule has 0 radical (unpaired) electrons. The lowest BCUT2D eigenvalue weighted by atomic mass is 9.91. The van der Waals surface area contributed by atoms with Crippen molar-refractivity contribution in [2.75, 3.05) is 0 Å². The Balaban J connectivity index is 1.83. The highest BCUT2D eigenvalue weighted by Gasteiger charge is 2.42. The predicted octanol–water partition coefficient (Wildman–Crippen LogP) is 2.83. The maximum Gasteiger partial charge on any atom is 0.136 e. The first-order valence-corrected chi connectivity index (χ1v) is 7.92. The molecule has 92 valence electrons. The van der Waals surface area contributed by atoms with Crippen LogP contribution in [0.3, 0.4) is 0 Å². The van der Waals surface area contributed by atoms with Crippen molar-refractivity contribution in [3.05, 3.63) is 0 Å². The summed E-state index contributed by atoms with van der Waals surface area (Å²) in [5.41, 5.74) is 0. The summed E-state index contributed by atoms with van der Waals surface area (Å²) in [6.45, 7) is 2.16. The lowest BCUT2D eigenvalue weighted by Crippen LogP contribution is -2.32. The largest absolute Gasteiger partial charge is 0.299 e. The van der Waals surface area contributed by atoms with E-state index in [2.05, 4.69) is 6.92 Å². The van der Waals surface area contributed by atoms with Gasteiger partial charge >= 0.3 is 0 Å². The Bertz CT molecular complexity index is 272. The summed E-state index contributed by atoms with van der Waals surface area (Å²) in [6.07, 6.45) is 8.15. The van der Waals surface area contributed by atoms with Gasteiger partial charge in [-0.3, -0.25) is 9.00 Å². The molecule has 3 heteroatoms. The Hall–Kier alpha value is -0.180. The van der Waals surface area contributed by atoms with E-state index in [1.165, 1.54) is 6.42 Å². The first-order valence-electron chi connectivity index (χ1n) is 6.64. The minimum absolute atomic E-state index is 0.243. The molecule has 2 unspecified atom stereocenters. The Morgan fingerprint density at radius 1 is 1.19 bits per heavy atom. The summed E-state index contributed by atoms with van der Waals surface area (Å²) in [4.78, 5) is 12.0. The van der Waals surface area contributed by atoms with Crippen LogP contribution in [0.4, 0.5) is 0 Å². The second-order valence-electron chi connectivity index (χ2n) is 5.24. The molecule has 2 aliphatic heterocycles. The smallest absolute Gasteiger partial charge is 0.136 e. The van der Waals surface area contributed by atoms with Crippen LogP contribution in [0.25, 0.3) is 0 Å². The lowest BCUT2D eigenvalue weighted by molar-refractivity contribution is -0.123. The van der Waals surface area contributed by atoms with Gasteiger partial charge in [-0.05, 0) is 32.1 Å². The van der Waals surface area contributed by atoms with Crippen molar-refractivity contribution >= 4 is 16.6 Å². The second-order valence-corrected chi connectivity index (χ2v) is 7.23. The lowest BCUT2D eigenvalue weighted by Gasteiger charge is -2.26. The number of fused-ring (bicyclic) bond motifs is 2. The van der Waals surface area contributed by atoms with Crippen molar-refractivity contribution in [1.29, 1.82) is 0 Å². The average molecular weight is 242 g/mol. The van der Waals surface area contributed by atoms with Crippen LogP contribution in [0.2, 0.25) is 0 Å². The normalized spacial score (nSPS) is 37.6. The van der Waals surface area contributed by atoms with Gasteiger partial charge in [-0.1, -0.05) is 19.8 Å². The van der Waals surface area contributed by atoms with Crippen LogP contribution in [-0.2, 0) is 15.6 Å². The van der Waals surface area contributed by atoms with Crippen molar-refractivity contribution < 1.29 is 9.00 Å². The third kappa shape index (κ3) is 2.55. The highest BCUT2D eigenvalue weighted by atomic mass is 32.2. The molecule has 16 heavy (non-hydrogen) atoms. The van der Waals surface area contributed by atoms with E-state index in [4.69, 9.17) is 0 Å². The minimum Gasteiger partial charge on any atom is -0.299 e. The quantitative estimate of drug-likeness (QED) is 0.695. The van der Waals surface area contributed by atoms with Crippen LogP contribution < -0.4 is 0 Å². The second kappa shape index (κ2) is 5.44. The van der Waals surface area contributed by atoms with Crippen LogP contribution in [0, 0.1) is 5.92 Å². The molecule has 2 rings (SSSR count). The third-order valence-electron chi connectivity index (χ3n) is 4.04. The fraction of sp³-hybridized carbons (Fsp3) is 0.923. The number of hydrogen-bond acceptors (Lipinski definition) is 2. The molecule has 0 aromatic heterocycles. The molecule has 2 atom stereocenters. The highest BCUT2D eigenvalue weighted by Crippen LogP contribution is 2.39. The molecule has 0 amide bonds. The molecule has 2 fully saturated rings. The average Bonchev–Trinajstić information content (AvgIpc) is 2.53. The molecule has 0 N–H and O–H groups in total. The number of carbonyl (C=O) groups is 1. The van der Waals surface area contributed by atoms with E-state index in [9.17, 15) is 9.00 Å². The summed E-state index contributed by atoms with van der Waals surface area (Å²) < 4.78 is 11.8. The third-order valence-corrected chi connectivity index (χ3v) is 6.22. The molecular weight excluding hydrogens is 220 g/mol. The molecule has 2 saturated heterocycles. The summed E-state index contributed by atoms with van der Waals surface area (Å²) in [5, 5.41) is 0.692. The van der Waals surface area contributed by atoms with Crippen LogP contribution in [-0.4, -0.2) is 20.5 Å². The SMILES string of the molecule is CCCCCC(=O)C1CC2CCC(C1)S2=O. The van der Waals surface area contributed by atoms with Gasteiger partial charge in [-0.15, -0.1) is 0 Å². The molecule has 2 nitrogen and oxygen atoms in total. The Labute approximate surface area is 101 Å². The van der Waals surface area contributed by atoms with Crippen molar-refractivity contribution in [2.24, 2.45) is 5.92 Å². The molecule has 2 aliphatic rings. The van der Waals surface area contributed by atoms with Crippen molar-refractivity contribution in [1.82, 2.24) is 0 Å². The minimum atomic E-state index is -0.615. The number of ketones is 1. The number of rotatable bonds is 5. The van der Waals surface area contributed by atoms with Crippen molar-refractivity contribution in [3.63, 3.8) is 0 Å². The number of hydrogen-bond donors (Lipinski definition) is 0. The van der Waals surface area contributed by atoms with Crippen LogP contribution in [0.1, 0.15) is 58.3 Å². The fourth-order valence-electron chi connectivity index (χ4n) is 3.05. The number of carbonyl (C=O) groups excluding carboxylic acids is 1. The number of Topliss-reactive ketones (excluding diaryl/α,β-unsaturated/α-hetero) is 1. The Morgan fingerprint density at radius 2 is 1.81 bits per heavy atom. The van der Waals surface area contributed by atoms with Crippen LogP contribution >= 0.6 is 0 Å². The van der Waals surface area contributed by atoms with Crippen molar-refractivity contribution in [2.45, 2.75) is 68.8 Å². The van der Waals surface area contributed by atoms with Gasteiger partial charge < -0.3 is 0 Å². The molecule has 2 bridgehead atoms. The first-order chi connectivity index (χ1) is 7.72. The number of unbranched alkanes of at least 4 members (excludes halogenated alkanes) is 2. The van der Waals surface area contributed by atoms with Gasteiger partial charge in [0.1, 0.15) is 5.78 Å². The fourth-order valence-corrected chi connectivity index (χ4v) is 5.17. The monoisotopic (exact) mass is 242 g/mol. The van der Waals surface area contributed by atoms with Gasteiger partial charge in [-0.2, -0.15) is 0 Å². The maximum atomic E-state index is 12.0. The molecule has 2 heterocycles. The highest BCUT2D eigenvalue weighted by molar-refractivity contribution is 7.86.